The van der Waals surface area contributed by atoms with E-state index in [4.69, 9.17) is 0 Å². The zero-order valence-corrected chi connectivity index (χ0v) is 12.9. The van der Waals surface area contributed by atoms with Gasteiger partial charge in [0.15, 0.2) is 0 Å². The van der Waals surface area contributed by atoms with Crippen molar-refractivity contribution >= 4 is 5.91 Å². The average molecular weight is 302 g/mol. The van der Waals surface area contributed by atoms with Crippen LogP contribution < -0.4 is 5.32 Å². The van der Waals surface area contributed by atoms with Crippen molar-refractivity contribution in [3.8, 4) is 0 Å². The highest BCUT2D eigenvalue weighted by Crippen LogP contribution is 2.20. The molecule has 0 aliphatic heterocycles. The minimum atomic E-state index is -0.421. The maximum absolute atomic E-state index is 12.2. The molecule has 3 atom stereocenters. The van der Waals surface area contributed by atoms with Crippen molar-refractivity contribution in [3.63, 3.8) is 0 Å². The van der Waals surface area contributed by atoms with Gasteiger partial charge in [0.1, 0.15) is 18.7 Å². The van der Waals surface area contributed by atoms with Crippen LogP contribution in [0.15, 0.2) is 43.0 Å². The lowest BCUT2D eigenvalue weighted by Gasteiger charge is -2.21. The van der Waals surface area contributed by atoms with Gasteiger partial charge in [-0.1, -0.05) is 30.3 Å². The Hall–Kier alpha value is -2.21. The molecule has 0 saturated carbocycles. The van der Waals surface area contributed by atoms with Gasteiger partial charge in [0, 0.05) is 12.5 Å². The molecule has 1 amide bonds. The van der Waals surface area contributed by atoms with E-state index in [2.05, 4.69) is 15.4 Å². The molecule has 0 radical (unpaired) electrons. The standard InChI is InChI=1S/C16H22N4O2/c1-12(21)8-15(14-6-4-3-5-7-14)9-18-16(22)13(2)20-11-17-10-19-20/h3-7,10-13,15,21H,8-9H2,1-2H3,(H,18,22). The van der Waals surface area contributed by atoms with Gasteiger partial charge in [-0.2, -0.15) is 5.10 Å². The van der Waals surface area contributed by atoms with Crippen molar-refractivity contribution < 1.29 is 9.90 Å². The molecule has 118 valence electrons. The Labute approximate surface area is 130 Å². The van der Waals surface area contributed by atoms with E-state index in [0.29, 0.717) is 13.0 Å². The molecule has 2 rings (SSSR count). The Morgan fingerprint density at radius 3 is 2.64 bits per heavy atom. The molecular formula is C16H22N4O2. The maximum Gasteiger partial charge on any atom is 0.244 e. The fourth-order valence-corrected chi connectivity index (χ4v) is 2.38. The van der Waals surface area contributed by atoms with Gasteiger partial charge in [-0.25, -0.2) is 9.67 Å². The number of carbonyl (C=O) groups is 1. The Morgan fingerprint density at radius 2 is 2.05 bits per heavy atom. The van der Waals surface area contributed by atoms with Crippen LogP contribution in [0.2, 0.25) is 0 Å². The van der Waals surface area contributed by atoms with E-state index in [1.807, 2.05) is 30.3 Å². The predicted molar refractivity (Wildman–Crippen MR) is 83.2 cm³/mol. The molecule has 6 nitrogen and oxygen atoms in total. The van der Waals surface area contributed by atoms with E-state index in [-0.39, 0.29) is 11.8 Å². The molecule has 2 N–H and O–H groups in total. The third-order valence-electron chi connectivity index (χ3n) is 3.63. The molecule has 0 spiro atoms. The summed E-state index contributed by atoms with van der Waals surface area (Å²) in [6.07, 6.45) is 3.11. The number of carbonyl (C=O) groups excluding carboxylic acids is 1. The van der Waals surface area contributed by atoms with E-state index in [1.165, 1.54) is 17.3 Å². The summed E-state index contributed by atoms with van der Waals surface area (Å²) in [5.41, 5.74) is 1.11. The summed E-state index contributed by atoms with van der Waals surface area (Å²) in [5.74, 6) is -0.0369. The lowest BCUT2D eigenvalue weighted by Crippen LogP contribution is -2.34. The van der Waals surface area contributed by atoms with Crippen molar-refractivity contribution in [2.45, 2.75) is 38.3 Å². The highest BCUT2D eigenvalue weighted by molar-refractivity contribution is 5.79. The number of aliphatic hydroxyl groups is 1. The molecule has 3 unspecified atom stereocenters. The van der Waals surface area contributed by atoms with Gasteiger partial charge in [0.25, 0.3) is 0 Å². The summed E-state index contributed by atoms with van der Waals surface area (Å²) in [7, 11) is 0. The molecule has 1 heterocycles. The second-order valence-corrected chi connectivity index (χ2v) is 5.49. The molecule has 1 aromatic heterocycles. The first kappa shape index (κ1) is 16.2. The number of aromatic nitrogens is 3. The molecule has 0 aliphatic rings. The Morgan fingerprint density at radius 1 is 1.32 bits per heavy atom. The second kappa shape index (κ2) is 7.70. The molecule has 0 saturated heterocycles. The smallest absolute Gasteiger partial charge is 0.244 e. The minimum absolute atomic E-state index is 0.0769. The SMILES string of the molecule is CC(O)CC(CNC(=O)C(C)n1cncn1)c1ccccc1. The van der Waals surface area contributed by atoms with Crippen LogP contribution >= 0.6 is 0 Å². The number of benzene rings is 1. The normalized spacial score (nSPS) is 15.0. The van der Waals surface area contributed by atoms with Crippen LogP contribution in [0.5, 0.6) is 0 Å². The van der Waals surface area contributed by atoms with E-state index >= 15 is 0 Å². The van der Waals surface area contributed by atoms with Gasteiger partial charge < -0.3 is 10.4 Å². The highest BCUT2D eigenvalue weighted by Gasteiger charge is 2.19. The summed E-state index contributed by atoms with van der Waals surface area (Å²) >= 11 is 0. The molecule has 2 aromatic rings. The Kier molecular flexibility index (Phi) is 5.66. The second-order valence-electron chi connectivity index (χ2n) is 5.49. The summed E-state index contributed by atoms with van der Waals surface area (Å²) in [4.78, 5) is 16.0. The number of rotatable bonds is 7. The summed E-state index contributed by atoms with van der Waals surface area (Å²) < 4.78 is 1.52. The van der Waals surface area contributed by atoms with Crippen LogP contribution in [0.25, 0.3) is 0 Å². The van der Waals surface area contributed by atoms with Crippen LogP contribution in [0, 0.1) is 0 Å². The topological polar surface area (TPSA) is 80.0 Å². The molecule has 0 aliphatic carbocycles. The van der Waals surface area contributed by atoms with Crippen LogP contribution in [0.3, 0.4) is 0 Å². The molecule has 0 bridgehead atoms. The number of hydrogen-bond acceptors (Lipinski definition) is 4. The largest absolute Gasteiger partial charge is 0.393 e. The van der Waals surface area contributed by atoms with Crippen molar-refractivity contribution in [2.75, 3.05) is 6.54 Å². The summed E-state index contributed by atoms with van der Waals surface area (Å²) in [5, 5.41) is 16.6. The Bertz CT molecular complexity index is 569. The third kappa shape index (κ3) is 4.39. The quantitative estimate of drug-likeness (QED) is 0.812. The predicted octanol–water partition coefficient (Wildman–Crippen LogP) is 1.51. The average Bonchev–Trinajstić information content (AvgIpc) is 3.05. The fourth-order valence-electron chi connectivity index (χ4n) is 2.38. The molecule has 0 fully saturated rings. The van der Waals surface area contributed by atoms with Gasteiger partial charge >= 0.3 is 0 Å². The van der Waals surface area contributed by atoms with Crippen LogP contribution in [-0.2, 0) is 4.79 Å². The van der Waals surface area contributed by atoms with Crippen molar-refractivity contribution in [1.82, 2.24) is 20.1 Å². The number of nitrogens with zero attached hydrogens (tertiary/aromatic N) is 3. The highest BCUT2D eigenvalue weighted by atomic mass is 16.3. The fraction of sp³-hybridized carbons (Fsp3) is 0.438. The number of nitrogens with one attached hydrogen (secondary N) is 1. The molecular weight excluding hydrogens is 280 g/mol. The Balaban J connectivity index is 1.97. The van der Waals surface area contributed by atoms with Crippen molar-refractivity contribution in [1.29, 1.82) is 0 Å². The van der Waals surface area contributed by atoms with Crippen molar-refractivity contribution in [2.24, 2.45) is 0 Å². The summed E-state index contributed by atoms with van der Waals surface area (Å²) in [6.45, 7) is 4.01. The molecule has 6 heteroatoms. The third-order valence-corrected chi connectivity index (χ3v) is 3.63. The maximum atomic E-state index is 12.2. The zero-order chi connectivity index (χ0) is 15.9. The number of hydrogen-bond donors (Lipinski definition) is 2. The van der Waals surface area contributed by atoms with Crippen molar-refractivity contribution in [3.05, 3.63) is 48.5 Å². The lowest BCUT2D eigenvalue weighted by molar-refractivity contribution is -0.124. The van der Waals surface area contributed by atoms with Gasteiger partial charge in [0.05, 0.1) is 6.10 Å². The van der Waals surface area contributed by atoms with E-state index in [1.54, 1.807) is 13.8 Å². The number of aliphatic hydroxyl groups excluding tert-OH is 1. The first-order chi connectivity index (χ1) is 10.6. The zero-order valence-electron chi connectivity index (χ0n) is 12.9. The summed E-state index contributed by atoms with van der Waals surface area (Å²) in [6, 6.07) is 9.49. The number of amides is 1. The van der Waals surface area contributed by atoms with Crippen LogP contribution in [0.4, 0.5) is 0 Å². The first-order valence-corrected chi connectivity index (χ1v) is 7.42. The van der Waals surface area contributed by atoms with Crippen LogP contribution in [-0.4, -0.2) is 38.4 Å². The van der Waals surface area contributed by atoms with Gasteiger partial charge in [0.2, 0.25) is 5.91 Å². The lowest BCUT2D eigenvalue weighted by atomic mass is 9.93. The molecule has 1 aromatic carbocycles. The van der Waals surface area contributed by atoms with Gasteiger partial charge in [-0.05, 0) is 25.8 Å². The molecule has 22 heavy (non-hydrogen) atoms. The van der Waals surface area contributed by atoms with Gasteiger partial charge in [-0.15, -0.1) is 0 Å². The van der Waals surface area contributed by atoms with E-state index < -0.39 is 12.1 Å². The van der Waals surface area contributed by atoms with E-state index in [0.717, 1.165) is 5.56 Å². The van der Waals surface area contributed by atoms with E-state index in [9.17, 15) is 9.90 Å². The minimum Gasteiger partial charge on any atom is -0.393 e. The van der Waals surface area contributed by atoms with Crippen LogP contribution in [0.1, 0.15) is 37.8 Å². The van der Waals surface area contributed by atoms with Gasteiger partial charge in [-0.3, -0.25) is 4.79 Å². The first-order valence-electron chi connectivity index (χ1n) is 7.42. The monoisotopic (exact) mass is 302 g/mol.